The third-order valence-electron chi connectivity index (χ3n) is 3.74. The van der Waals surface area contributed by atoms with Crippen molar-refractivity contribution in [2.75, 3.05) is 19.0 Å². The lowest BCUT2D eigenvalue weighted by Crippen LogP contribution is -2.38. The first kappa shape index (κ1) is 16.2. The lowest BCUT2D eigenvalue weighted by molar-refractivity contribution is 0.190. The maximum Gasteiger partial charge on any atom is 0.332 e. The van der Waals surface area contributed by atoms with Crippen molar-refractivity contribution in [3.05, 3.63) is 32.6 Å². The van der Waals surface area contributed by atoms with E-state index in [9.17, 15) is 9.59 Å². The maximum absolute atomic E-state index is 12.6. The van der Waals surface area contributed by atoms with Crippen LogP contribution in [-0.2, 0) is 25.3 Å². The number of rotatable bonds is 5. The Morgan fingerprint density at radius 2 is 2.00 bits per heavy atom. The summed E-state index contributed by atoms with van der Waals surface area (Å²) in [6.07, 6.45) is 2.44. The quantitative estimate of drug-likeness (QED) is 0.877. The van der Waals surface area contributed by atoms with Crippen LogP contribution in [-0.4, -0.2) is 33.9 Å². The van der Waals surface area contributed by atoms with Crippen molar-refractivity contribution < 1.29 is 4.74 Å². The fourth-order valence-corrected chi connectivity index (χ4v) is 2.54. The van der Waals surface area contributed by atoms with E-state index in [4.69, 9.17) is 4.74 Å². The second-order valence-electron chi connectivity index (χ2n) is 5.42. The second kappa shape index (κ2) is 6.31. The average Bonchev–Trinajstić information content (AvgIpc) is 2.50. The van der Waals surface area contributed by atoms with E-state index in [0.29, 0.717) is 17.6 Å². The summed E-state index contributed by atoms with van der Waals surface area (Å²) in [5.41, 5.74) is 1.33. The molecule has 0 amide bonds. The lowest BCUT2D eigenvalue weighted by Gasteiger charge is -2.19. The van der Waals surface area contributed by atoms with Crippen LogP contribution < -0.4 is 16.6 Å². The Kier molecular flexibility index (Phi) is 4.65. The zero-order valence-corrected chi connectivity index (χ0v) is 13.6. The Balaban J connectivity index is 2.81. The van der Waals surface area contributed by atoms with E-state index in [-0.39, 0.29) is 17.3 Å². The molecule has 2 aromatic rings. The summed E-state index contributed by atoms with van der Waals surface area (Å²) in [5.74, 6) is 0. The minimum Gasteiger partial charge on any atom is -0.383 e. The Morgan fingerprint density at radius 3 is 2.59 bits per heavy atom. The van der Waals surface area contributed by atoms with Gasteiger partial charge in [-0.15, -0.1) is 0 Å². The van der Waals surface area contributed by atoms with Gasteiger partial charge in [-0.1, -0.05) is 6.92 Å². The standard InChI is InChI=1S/C15H22N4O3/c1-6-10-7-16-13-11(12(10)17-9(2)8-22-5)14(20)19(4)15(21)18(13)3/h7,9H,6,8H2,1-5H3,(H,16,17). The van der Waals surface area contributed by atoms with Gasteiger partial charge in [0, 0.05) is 33.4 Å². The van der Waals surface area contributed by atoms with Crippen molar-refractivity contribution in [1.29, 1.82) is 0 Å². The fourth-order valence-electron chi connectivity index (χ4n) is 2.54. The molecule has 0 fully saturated rings. The molecule has 0 aliphatic heterocycles. The molecule has 1 atom stereocenters. The third-order valence-corrected chi connectivity index (χ3v) is 3.74. The SMILES string of the molecule is CCc1cnc2c(c1NC(C)COC)c(=O)n(C)c(=O)n2C. The van der Waals surface area contributed by atoms with Crippen molar-refractivity contribution in [2.24, 2.45) is 14.1 Å². The van der Waals surface area contributed by atoms with E-state index in [1.165, 1.54) is 11.6 Å². The van der Waals surface area contributed by atoms with Crippen LogP contribution in [0.3, 0.4) is 0 Å². The molecule has 1 N–H and O–H groups in total. The smallest absolute Gasteiger partial charge is 0.332 e. The normalized spacial score (nSPS) is 12.6. The van der Waals surface area contributed by atoms with Gasteiger partial charge in [-0.05, 0) is 18.9 Å². The number of hydrogen-bond donors (Lipinski definition) is 1. The van der Waals surface area contributed by atoms with Gasteiger partial charge < -0.3 is 10.1 Å². The number of nitrogens with one attached hydrogen (secondary N) is 1. The van der Waals surface area contributed by atoms with Crippen LogP contribution in [0.2, 0.25) is 0 Å². The highest BCUT2D eigenvalue weighted by molar-refractivity contribution is 5.90. The summed E-state index contributed by atoms with van der Waals surface area (Å²) < 4.78 is 7.64. The van der Waals surface area contributed by atoms with Gasteiger partial charge in [0.2, 0.25) is 0 Å². The summed E-state index contributed by atoms with van der Waals surface area (Å²) in [6, 6.07) is 0.0304. The molecule has 2 heterocycles. The molecule has 0 spiro atoms. The highest BCUT2D eigenvalue weighted by atomic mass is 16.5. The van der Waals surface area contributed by atoms with Gasteiger partial charge in [0.1, 0.15) is 5.39 Å². The van der Waals surface area contributed by atoms with Crippen LogP contribution in [0.25, 0.3) is 11.0 Å². The van der Waals surface area contributed by atoms with Crippen molar-refractivity contribution in [3.8, 4) is 0 Å². The second-order valence-corrected chi connectivity index (χ2v) is 5.42. The van der Waals surface area contributed by atoms with E-state index in [1.54, 1.807) is 20.4 Å². The first-order valence-electron chi connectivity index (χ1n) is 7.25. The molecule has 2 aromatic heterocycles. The molecule has 0 aromatic carbocycles. The molecule has 0 aliphatic rings. The highest BCUT2D eigenvalue weighted by Crippen LogP contribution is 2.23. The van der Waals surface area contributed by atoms with E-state index in [0.717, 1.165) is 22.2 Å². The topological polar surface area (TPSA) is 78.2 Å². The number of fused-ring (bicyclic) bond motifs is 1. The molecular weight excluding hydrogens is 284 g/mol. The molecule has 120 valence electrons. The Hall–Kier alpha value is -2.15. The minimum atomic E-state index is -0.384. The zero-order valence-electron chi connectivity index (χ0n) is 13.6. The summed E-state index contributed by atoms with van der Waals surface area (Å²) >= 11 is 0. The number of aromatic nitrogens is 3. The van der Waals surface area contributed by atoms with Crippen LogP contribution in [0.4, 0.5) is 5.69 Å². The molecular formula is C15H22N4O3. The van der Waals surface area contributed by atoms with Gasteiger partial charge >= 0.3 is 5.69 Å². The maximum atomic E-state index is 12.6. The van der Waals surface area contributed by atoms with Gasteiger partial charge in [-0.2, -0.15) is 0 Å². The zero-order chi connectivity index (χ0) is 16.4. The van der Waals surface area contributed by atoms with Gasteiger partial charge in [-0.3, -0.25) is 13.9 Å². The van der Waals surface area contributed by atoms with Crippen molar-refractivity contribution in [3.63, 3.8) is 0 Å². The van der Waals surface area contributed by atoms with E-state index >= 15 is 0 Å². The summed E-state index contributed by atoms with van der Waals surface area (Å²) in [6.45, 7) is 4.49. The highest BCUT2D eigenvalue weighted by Gasteiger charge is 2.17. The number of aryl methyl sites for hydroxylation is 2. The largest absolute Gasteiger partial charge is 0.383 e. The summed E-state index contributed by atoms with van der Waals surface area (Å²) in [7, 11) is 4.72. The first-order chi connectivity index (χ1) is 10.4. The van der Waals surface area contributed by atoms with Gasteiger partial charge in [0.25, 0.3) is 5.56 Å². The van der Waals surface area contributed by atoms with Gasteiger partial charge in [0.05, 0.1) is 12.3 Å². The number of pyridine rings is 1. The Morgan fingerprint density at radius 1 is 1.32 bits per heavy atom. The van der Waals surface area contributed by atoms with Gasteiger partial charge in [0.15, 0.2) is 5.65 Å². The van der Waals surface area contributed by atoms with Crippen LogP contribution in [0.1, 0.15) is 19.4 Å². The average molecular weight is 306 g/mol. The molecule has 0 saturated carbocycles. The molecule has 22 heavy (non-hydrogen) atoms. The third kappa shape index (κ3) is 2.64. The monoisotopic (exact) mass is 306 g/mol. The molecule has 0 radical (unpaired) electrons. The number of nitrogens with zero attached hydrogens (tertiary/aromatic N) is 3. The molecule has 7 nitrogen and oxygen atoms in total. The molecule has 1 unspecified atom stereocenters. The first-order valence-corrected chi connectivity index (χ1v) is 7.25. The van der Waals surface area contributed by atoms with Crippen molar-refractivity contribution >= 4 is 16.7 Å². The number of hydrogen-bond acceptors (Lipinski definition) is 5. The molecule has 0 aliphatic carbocycles. The fraction of sp³-hybridized carbons (Fsp3) is 0.533. The molecule has 0 bridgehead atoms. The Bertz CT molecular complexity index is 807. The van der Waals surface area contributed by atoms with Crippen molar-refractivity contribution in [1.82, 2.24) is 14.1 Å². The van der Waals surface area contributed by atoms with Crippen molar-refractivity contribution in [2.45, 2.75) is 26.3 Å². The van der Waals surface area contributed by atoms with E-state index in [1.807, 2.05) is 13.8 Å². The van der Waals surface area contributed by atoms with E-state index in [2.05, 4.69) is 10.3 Å². The molecule has 2 rings (SSSR count). The molecule has 0 saturated heterocycles. The summed E-state index contributed by atoms with van der Waals surface area (Å²) in [5, 5.41) is 3.76. The van der Waals surface area contributed by atoms with Crippen LogP contribution in [0.15, 0.2) is 15.8 Å². The van der Waals surface area contributed by atoms with Gasteiger partial charge in [-0.25, -0.2) is 9.78 Å². The Labute approximate surface area is 128 Å². The van der Waals surface area contributed by atoms with Crippen LogP contribution in [0, 0.1) is 0 Å². The minimum absolute atomic E-state index is 0.0304. The number of anilines is 1. The molecule has 7 heteroatoms. The predicted molar refractivity (Wildman–Crippen MR) is 86.6 cm³/mol. The lowest BCUT2D eigenvalue weighted by atomic mass is 10.1. The summed E-state index contributed by atoms with van der Waals surface area (Å²) in [4.78, 5) is 28.9. The predicted octanol–water partition coefficient (Wildman–Crippen LogP) is 0.641. The number of ether oxygens (including phenoxy) is 1. The van der Waals surface area contributed by atoms with E-state index < -0.39 is 0 Å². The number of methoxy groups -OCH3 is 1. The van der Waals surface area contributed by atoms with Crippen LogP contribution in [0.5, 0.6) is 0 Å². The van der Waals surface area contributed by atoms with Crippen LogP contribution >= 0.6 is 0 Å².